The van der Waals surface area contributed by atoms with Crippen LogP contribution in [0.1, 0.15) is 25.8 Å². The standard InChI is InChI=1S/C9H15N3O2S/c1-4-8(3)15(13,14)12-9-10-5-7(2)6-11-9/h5-6,8H,4H2,1-3H3,(H,10,11,12). The number of rotatable bonds is 4. The van der Waals surface area contributed by atoms with Gasteiger partial charge in [-0.2, -0.15) is 0 Å². The summed E-state index contributed by atoms with van der Waals surface area (Å²) in [4.78, 5) is 7.76. The van der Waals surface area contributed by atoms with E-state index in [9.17, 15) is 8.42 Å². The number of nitrogens with zero attached hydrogens (tertiary/aromatic N) is 2. The lowest BCUT2D eigenvalue weighted by atomic mass is 10.4. The van der Waals surface area contributed by atoms with Crippen molar-refractivity contribution in [2.24, 2.45) is 0 Å². The number of anilines is 1. The number of aromatic nitrogens is 2. The van der Waals surface area contributed by atoms with Gasteiger partial charge in [0.15, 0.2) is 0 Å². The minimum atomic E-state index is -3.35. The van der Waals surface area contributed by atoms with Gasteiger partial charge in [0.1, 0.15) is 0 Å². The molecule has 0 bridgehead atoms. The average molecular weight is 229 g/mol. The topological polar surface area (TPSA) is 72.0 Å². The lowest BCUT2D eigenvalue weighted by Crippen LogP contribution is -2.25. The highest BCUT2D eigenvalue weighted by Gasteiger charge is 2.19. The van der Waals surface area contributed by atoms with Gasteiger partial charge in [0.2, 0.25) is 16.0 Å². The Morgan fingerprint density at radius 3 is 2.40 bits per heavy atom. The van der Waals surface area contributed by atoms with Crippen molar-refractivity contribution in [2.75, 3.05) is 4.72 Å². The molecule has 0 aliphatic carbocycles. The maximum atomic E-state index is 11.6. The Labute approximate surface area is 90.0 Å². The molecular weight excluding hydrogens is 214 g/mol. The fourth-order valence-electron chi connectivity index (χ4n) is 0.893. The van der Waals surface area contributed by atoms with Gasteiger partial charge in [-0.25, -0.2) is 18.4 Å². The molecule has 0 radical (unpaired) electrons. The van der Waals surface area contributed by atoms with Crippen molar-refractivity contribution >= 4 is 16.0 Å². The summed E-state index contributed by atoms with van der Waals surface area (Å²) in [5.41, 5.74) is 0.890. The molecule has 0 amide bonds. The zero-order valence-electron chi connectivity index (χ0n) is 9.06. The van der Waals surface area contributed by atoms with E-state index in [2.05, 4.69) is 14.7 Å². The predicted molar refractivity (Wildman–Crippen MR) is 59.1 cm³/mol. The normalized spacial score (nSPS) is 13.5. The van der Waals surface area contributed by atoms with Crippen molar-refractivity contribution in [3.05, 3.63) is 18.0 Å². The van der Waals surface area contributed by atoms with Crippen LogP contribution < -0.4 is 4.72 Å². The molecule has 1 rings (SSSR count). The third-order valence-corrected chi connectivity index (χ3v) is 3.98. The fourth-order valence-corrected chi connectivity index (χ4v) is 1.89. The maximum absolute atomic E-state index is 11.6. The predicted octanol–water partition coefficient (Wildman–Crippen LogP) is 1.33. The summed E-state index contributed by atoms with van der Waals surface area (Å²) in [6.45, 7) is 5.31. The van der Waals surface area contributed by atoms with Crippen molar-refractivity contribution in [3.63, 3.8) is 0 Å². The smallest absolute Gasteiger partial charge is 0.237 e. The van der Waals surface area contributed by atoms with E-state index < -0.39 is 15.3 Å². The van der Waals surface area contributed by atoms with Crippen LogP contribution in [0.5, 0.6) is 0 Å². The highest BCUT2D eigenvalue weighted by molar-refractivity contribution is 7.93. The lowest BCUT2D eigenvalue weighted by Gasteiger charge is -2.11. The summed E-state index contributed by atoms with van der Waals surface area (Å²) in [5.74, 6) is 0.126. The summed E-state index contributed by atoms with van der Waals surface area (Å²) in [7, 11) is -3.35. The van der Waals surface area contributed by atoms with Gasteiger partial charge in [-0.05, 0) is 25.8 Å². The van der Waals surface area contributed by atoms with E-state index in [0.29, 0.717) is 6.42 Å². The first kappa shape index (κ1) is 11.9. The molecule has 1 atom stereocenters. The van der Waals surface area contributed by atoms with Crippen molar-refractivity contribution in [3.8, 4) is 0 Å². The first-order valence-corrected chi connectivity index (χ1v) is 6.30. The summed E-state index contributed by atoms with van der Waals surface area (Å²) in [6, 6.07) is 0. The van der Waals surface area contributed by atoms with Gasteiger partial charge >= 0.3 is 0 Å². The molecule has 0 aromatic carbocycles. The Morgan fingerprint density at radius 2 is 1.93 bits per heavy atom. The highest BCUT2D eigenvalue weighted by atomic mass is 32.2. The molecule has 1 aromatic heterocycles. The molecule has 6 heteroatoms. The van der Waals surface area contributed by atoms with Gasteiger partial charge in [0.05, 0.1) is 5.25 Å². The summed E-state index contributed by atoms with van der Waals surface area (Å²) >= 11 is 0. The van der Waals surface area contributed by atoms with Crippen LogP contribution in [0.3, 0.4) is 0 Å². The highest BCUT2D eigenvalue weighted by Crippen LogP contribution is 2.08. The second-order valence-corrected chi connectivity index (χ2v) is 5.55. The van der Waals surface area contributed by atoms with E-state index in [0.717, 1.165) is 5.56 Å². The largest absolute Gasteiger partial charge is 0.251 e. The van der Waals surface area contributed by atoms with Crippen LogP contribution in [0, 0.1) is 6.92 Å². The van der Waals surface area contributed by atoms with Crippen molar-refractivity contribution in [1.29, 1.82) is 0 Å². The molecule has 0 aliphatic rings. The first-order chi connectivity index (χ1) is 6.95. The molecule has 0 fully saturated rings. The summed E-state index contributed by atoms with van der Waals surface area (Å²) in [5, 5.41) is -0.442. The Hall–Kier alpha value is -1.17. The van der Waals surface area contributed by atoms with E-state index in [4.69, 9.17) is 0 Å². The summed E-state index contributed by atoms with van der Waals surface area (Å²) in [6.07, 6.45) is 3.70. The quantitative estimate of drug-likeness (QED) is 0.845. The van der Waals surface area contributed by atoms with Crippen LogP contribution >= 0.6 is 0 Å². The second kappa shape index (κ2) is 4.57. The van der Waals surface area contributed by atoms with Crippen molar-refractivity contribution in [2.45, 2.75) is 32.4 Å². The summed E-state index contributed by atoms with van der Waals surface area (Å²) < 4.78 is 25.6. The number of hydrogen-bond donors (Lipinski definition) is 1. The van der Waals surface area contributed by atoms with Gasteiger partial charge in [-0.1, -0.05) is 6.92 Å². The molecule has 1 aromatic rings. The molecule has 5 nitrogen and oxygen atoms in total. The zero-order valence-corrected chi connectivity index (χ0v) is 9.87. The number of aryl methyl sites for hydroxylation is 1. The van der Waals surface area contributed by atoms with Crippen LogP contribution in [0.15, 0.2) is 12.4 Å². The van der Waals surface area contributed by atoms with Gasteiger partial charge in [-0.3, -0.25) is 4.72 Å². The number of hydrogen-bond acceptors (Lipinski definition) is 4. The van der Waals surface area contributed by atoms with Gasteiger partial charge in [-0.15, -0.1) is 0 Å². The number of sulfonamides is 1. The molecule has 0 aliphatic heterocycles. The van der Waals surface area contributed by atoms with Crippen LogP contribution in [-0.4, -0.2) is 23.6 Å². The van der Waals surface area contributed by atoms with E-state index in [1.54, 1.807) is 19.3 Å². The van der Waals surface area contributed by atoms with E-state index in [1.165, 1.54) is 0 Å². The molecule has 0 saturated carbocycles. The van der Waals surface area contributed by atoms with Crippen LogP contribution in [0.4, 0.5) is 5.95 Å². The molecule has 0 spiro atoms. The van der Waals surface area contributed by atoms with Crippen molar-refractivity contribution in [1.82, 2.24) is 9.97 Å². The van der Waals surface area contributed by atoms with Gasteiger partial charge in [0.25, 0.3) is 0 Å². The fraction of sp³-hybridized carbons (Fsp3) is 0.556. The molecule has 15 heavy (non-hydrogen) atoms. The first-order valence-electron chi connectivity index (χ1n) is 4.76. The van der Waals surface area contributed by atoms with Crippen LogP contribution in [-0.2, 0) is 10.0 Å². The van der Waals surface area contributed by atoms with Gasteiger partial charge < -0.3 is 0 Å². The van der Waals surface area contributed by atoms with Crippen molar-refractivity contribution < 1.29 is 8.42 Å². The average Bonchev–Trinajstić information content (AvgIpc) is 2.20. The number of nitrogens with one attached hydrogen (secondary N) is 1. The molecule has 0 saturated heterocycles. The lowest BCUT2D eigenvalue weighted by molar-refractivity contribution is 0.586. The Balaban J connectivity index is 2.82. The maximum Gasteiger partial charge on any atom is 0.237 e. The molecule has 1 N–H and O–H groups in total. The minimum absolute atomic E-state index is 0.126. The SMILES string of the molecule is CCC(C)S(=O)(=O)Nc1ncc(C)cn1. The third kappa shape index (κ3) is 3.16. The van der Waals surface area contributed by atoms with Crippen LogP contribution in [0.2, 0.25) is 0 Å². The van der Waals surface area contributed by atoms with E-state index in [-0.39, 0.29) is 5.95 Å². The third-order valence-electron chi connectivity index (χ3n) is 2.12. The molecule has 1 heterocycles. The minimum Gasteiger partial charge on any atom is -0.251 e. The molecule has 84 valence electrons. The zero-order chi connectivity index (χ0) is 11.5. The molecular formula is C9H15N3O2S. The van der Waals surface area contributed by atoms with Gasteiger partial charge in [0, 0.05) is 12.4 Å². The monoisotopic (exact) mass is 229 g/mol. The Morgan fingerprint density at radius 1 is 1.40 bits per heavy atom. The Kier molecular flexibility index (Phi) is 3.62. The second-order valence-electron chi connectivity index (χ2n) is 3.45. The van der Waals surface area contributed by atoms with Crippen LogP contribution in [0.25, 0.3) is 0 Å². The van der Waals surface area contributed by atoms with E-state index in [1.807, 2.05) is 13.8 Å². The Bertz CT molecular complexity index is 413. The molecule has 1 unspecified atom stereocenters. The van der Waals surface area contributed by atoms with E-state index >= 15 is 0 Å².